The first-order valence-corrected chi connectivity index (χ1v) is 9.50. The molecular formula is C21H31N3O2. The summed E-state index contributed by atoms with van der Waals surface area (Å²) in [5.74, 6) is 2.16. The highest BCUT2D eigenvalue weighted by molar-refractivity contribution is 5.76. The molecule has 0 fully saturated rings. The molecule has 5 nitrogen and oxygen atoms in total. The molecule has 1 heterocycles. The number of nitrogens with zero attached hydrogens (tertiary/aromatic N) is 3. The van der Waals surface area contributed by atoms with E-state index in [1.165, 1.54) is 5.56 Å². The van der Waals surface area contributed by atoms with Crippen LogP contribution in [0.25, 0.3) is 11.4 Å². The Morgan fingerprint density at radius 2 is 1.73 bits per heavy atom. The van der Waals surface area contributed by atoms with Crippen LogP contribution in [0.5, 0.6) is 0 Å². The summed E-state index contributed by atoms with van der Waals surface area (Å²) in [6, 6.07) is 8.40. The van der Waals surface area contributed by atoms with Gasteiger partial charge in [0.15, 0.2) is 0 Å². The van der Waals surface area contributed by atoms with Crippen LogP contribution in [0.1, 0.15) is 65.3 Å². The lowest BCUT2D eigenvalue weighted by atomic mass is 10.0. The Kier molecular flexibility index (Phi) is 6.95. The van der Waals surface area contributed by atoms with Gasteiger partial charge in [0.1, 0.15) is 0 Å². The fraction of sp³-hybridized carbons (Fsp3) is 0.571. The van der Waals surface area contributed by atoms with Crippen LogP contribution in [0.15, 0.2) is 28.8 Å². The van der Waals surface area contributed by atoms with Crippen molar-refractivity contribution in [3.8, 4) is 11.4 Å². The van der Waals surface area contributed by atoms with Crippen LogP contribution in [-0.4, -0.2) is 33.5 Å². The largest absolute Gasteiger partial charge is 0.340 e. The van der Waals surface area contributed by atoms with Gasteiger partial charge < -0.3 is 9.42 Å². The molecule has 0 unspecified atom stereocenters. The van der Waals surface area contributed by atoms with Crippen LogP contribution in [-0.2, 0) is 11.2 Å². The third-order valence-electron chi connectivity index (χ3n) is 4.36. The molecule has 26 heavy (non-hydrogen) atoms. The van der Waals surface area contributed by atoms with Crippen molar-refractivity contribution in [2.24, 2.45) is 5.92 Å². The van der Waals surface area contributed by atoms with Gasteiger partial charge in [-0.25, -0.2) is 0 Å². The molecule has 0 bridgehead atoms. The number of hydrogen-bond donors (Lipinski definition) is 0. The van der Waals surface area contributed by atoms with E-state index in [2.05, 4.69) is 50.0 Å². The van der Waals surface area contributed by atoms with Gasteiger partial charge in [-0.15, -0.1) is 0 Å². The summed E-state index contributed by atoms with van der Waals surface area (Å²) < 4.78 is 5.34. The van der Waals surface area contributed by atoms with Gasteiger partial charge in [0.2, 0.25) is 17.6 Å². The van der Waals surface area contributed by atoms with Gasteiger partial charge >= 0.3 is 0 Å². The van der Waals surface area contributed by atoms with Crippen molar-refractivity contribution in [3.63, 3.8) is 0 Å². The molecule has 0 aliphatic carbocycles. The van der Waals surface area contributed by atoms with Crippen LogP contribution in [0, 0.1) is 5.92 Å². The highest BCUT2D eigenvalue weighted by Gasteiger charge is 2.19. The number of carbonyl (C=O) groups excluding carboxylic acids is 1. The summed E-state index contributed by atoms with van der Waals surface area (Å²) in [7, 11) is 0. The Bertz CT molecular complexity index is 702. The maximum Gasteiger partial charge on any atom is 0.227 e. The van der Waals surface area contributed by atoms with Crippen molar-refractivity contribution >= 4 is 5.91 Å². The van der Waals surface area contributed by atoms with Crippen molar-refractivity contribution in [1.29, 1.82) is 0 Å². The molecule has 0 atom stereocenters. The number of benzene rings is 1. The maximum atomic E-state index is 12.5. The van der Waals surface area contributed by atoms with E-state index in [1.807, 2.05) is 30.9 Å². The van der Waals surface area contributed by atoms with Crippen molar-refractivity contribution in [3.05, 3.63) is 35.7 Å². The highest BCUT2D eigenvalue weighted by atomic mass is 16.5. The van der Waals surface area contributed by atoms with E-state index >= 15 is 0 Å². The van der Waals surface area contributed by atoms with Crippen LogP contribution in [0.2, 0.25) is 0 Å². The number of amides is 1. The maximum absolute atomic E-state index is 12.5. The molecule has 0 saturated heterocycles. The van der Waals surface area contributed by atoms with E-state index in [1.54, 1.807) is 0 Å². The predicted octanol–water partition coefficient (Wildman–Crippen LogP) is 4.69. The smallest absolute Gasteiger partial charge is 0.227 e. The van der Waals surface area contributed by atoms with Crippen molar-refractivity contribution < 1.29 is 9.32 Å². The minimum atomic E-state index is 0.134. The minimum absolute atomic E-state index is 0.134. The fourth-order valence-corrected chi connectivity index (χ4v) is 2.84. The van der Waals surface area contributed by atoms with E-state index < -0.39 is 0 Å². The molecule has 0 aliphatic rings. The minimum Gasteiger partial charge on any atom is -0.340 e. The van der Waals surface area contributed by atoms with E-state index in [4.69, 9.17) is 4.52 Å². The number of rotatable bonds is 8. The van der Waals surface area contributed by atoms with Gasteiger partial charge in [0.05, 0.1) is 0 Å². The second kappa shape index (κ2) is 8.97. The lowest BCUT2D eigenvalue weighted by Crippen LogP contribution is -2.39. The van der Waals surface area contributed by atoms with Gasteiger partial charge in [0.25, 0.3) is 0 Å². The zero-order valence-electron chi connectivity index (χ0n) is 16.8. The lowest BCUT2D eigenvalue weighted by Gasteiger charge is -2.28. The molecule has 0 radical (unpaired) electrons. The normalized spacial score (nSPS) is 11.6. The molecule has 5 heteroatoms. The molecule has 0 aliphatic heterocycles. The summed E-state index contributed by atoms with van der Waals surface area (Å²) >= 11 is 0. The second-order valence-corrected chi connectivity index (χ2v) is 7.82. The molecule has 0 spiro atoms. The number of carbonyl (C=O) groups is 1. The lowest BCUT2D eigenvalue weighted by molar-refractivity contribution is -0.133. The van der Waals surface area contributed by atoms with Crippen LogP contribution < -0.4 is 0 Å². The molecule has 1 aromatic carbocycles. The monoisotopic (exact) mass is 357 g/mol. The molecule has 2 aromatic rings. The molecule has 0 saturated carbocycles. The molecular weight excluding hydrogens is 326 g/mol. The Morgan fingerprint density at radius 1 is 1.08 bits per heavy atom. The molecule has 1 aromatic heterocycles. The summed E-state index contributed by atoms with van der Waals surface area (Å²) in [5, 5.41) is 4.06. The average molecular weight is 357 g/mol. The number of aromatic nitrogens is 2. The van der Waals surface area contributed by atoms with Gasteiger partial charge in [-0.2, -0.15) is 4.98 Å². The zero-order valence-corrected chi connectivity index (χ0v) is 16.8. The first-order chi connectivity index (χ1) is 12.3. The first-order valence-electron chi connectivity index (χ1n) is 9.50. The number of hydrogen-bond acceptors (Lipinski definition) is 4. The topological polar surface area (TPSA) is 59.2 Å². The average Bonchev–Trinajstić information content (AvgIpc) is 3.06. The van der Waals surface area contributed by atoms with Gasteiger partial charge in [0, 0.05) is 31.0 Å². The molecule has 0 N–H and O–H groups in total. The third kappa shape index (κ3) is 5.41. The molecule has 142 valence electrons. The summed E-state index contributed by atoms with van der Waals surface area (Å²) in [6.45, 7) is 13.4. The van der Waals surface area contributed by atoms with Crippen LogP contribution in [0.3, 0.4) is 0 Å². The van der Waals surface area contributed by atoms with E-state index in [-0.39, 0.29) is 11.9 Å². The van der Waals surface area contributed by atoms with Gasteiger partial charge in [-0.05, 0) is 31.2 Å². The quantitative estimate of drug-likeness (QED) is 0.688. The van der Waals surface area contributed by atoms with E-state index in [9.17, 15) is 4.79 Å². The van der Waals surface area contributed by atoms with Crippen LogP contribution in [0.4, 0.5) is 0 Å². The van der Waals surface area contributed by atoms with Crippen molar-refractivity contribution in [2.75, 3.05) is 6.54 Å². The Morgan fingerprint density at radius 3 is 2.27 bits per heavy atom. The Hall–Kier alpha value is -2.17. The standard InChI is InChI=1S/C21H31N3O2/c1-14(2)13-24(16(5)6)20(25)12-11-19-22-21(23-26-19)18-9-7-17(8-10-18)15(3)4/h7-10,14-16H,11-13H2,1-6H3. The predicted molar refractivity (Wildman–Crippen MR) is 104 cm³/mol. The van der Waals surface area contributed by atoms with E-state index in [0.29, 0.717) is 36.4 Å². The van der Waals surface area contributed by atoms with Crippen molar-refractivity contribution in [1.82, 2.24) is 15.0 Å². The van der Waals surface area contributed by atoms with Crippen LogP contribution >= 0.6 is 0 Å². The van der Waals surface area contributed by atoms with Crippen molar-refractivity contribution in [2.45, 2.75) is 66.3 Å². The SMILES string of the molecule is CC(C)CN(C(=O)CCc1nc(-c2ccc(C(C)C)cc2)no1)C(C)C. The Labute approximate surface area is 156 Å². The second-order valence-electron chi connectivity index (χ2n) is 7.82. The summed E-state index contributed by atoms with van der Waals surface area (Å²) in [6.07, 6.45) is 0.857. The first kappa shape index (κ1) is 20.1. The summed E-state index contributed by atoms with van der Waals surface area (Å²) in [4.78, 5) is 18.9. The van der Waals surface area contributed by atoms with Gasteiger partial charge in [-0.1, -0.05) is 57.1 Å². The zero-order chi connectivity index (χ0) is 19.3. The third-order valence-corrected chi connectivity index (χ3v) is 4.36. The molecule has 1 amide bonds. The van der Waals surface area contributed by atoms with Gasteiger partial charge in [-0.3, -0.25) is 4.79 Å². The van der Waals surface area contributed by atoms with E-state index in [0.717, 1.165) is 12.1 Å². The Balaban J connectivity index is 1.98. The highest BCUT2D eigenvalue weighted by Crippen LogP contribution is 2.21. The molecule has 2 rings (SSSR count). The summed E-state index contributed by atoms with van der Waals surface area (Å²) in [5.41, 5.74) is 2.21. The fourth-order valence-electron chi connectivity index (χ4n) is 2.84. The number of aryl methyl sites for hydroxylation is 1.